The molecule has 4 rings (SSSR count). The molecule has 1 saturated carbocycles. The molecule has 2 heterocycles. The maximum Gasteiger partial charge on any atom is 0.252 e. The van der Waals surface area contributed by atoms with Crippen molar-refractivity contribution in [2.24, 2.45) is 11.7 Å². The molecule has 0 unspecified atom stereocenters. The van der Waals surface area contributed by atoms with E-state index in [0.29, 0.717) is 17.7 Å². The number of nitrogens with two attached hydrogens (primary N) is 2. The van der Waals surface area contributed by atoms with Crippen molar-refractivity contribution in [1.82, 2.24) is 14.9 Å². The Morgan fingerprint density at radius 3 is 2.77 bits per heavy atom. The van der Waals surface area contributed by atoms with Crippen molar-refractivity contribution in [3.05, 3.63) is 53.9 Å². The summed E-state index contributed by atoms with van der Waals surface area (Å²) in [5, 5.41) is 7.16. The molecule has 132 valence electrons. The largest absolute Gasteiger partial charge is 0.396 e. The van der Waals surface area contributed by atoms with Gasteiger partial charge in [-0.25, -0.2) is 4.52 Å². The van der Waals surface area contributed by atoms with Gasteiger partial charge in [-0.05, 0) is 36.1 Å². The molecule has 1 aromatic carbocycles. The first kappa shape index (κ1) is 16.1. The van der Waals surface area contributed by atoms with Gasteiger partial charge in [0.1, 0.15) is 0 Å². The fourth-order valence-corrected chi connectivity index (χ4v) is 2.97. The predicted molar refractivity (Wildman–Crippen MR) is 98.1 cm³/mol. The lowest BCUT2D eigenvalue weighted by Crippen LogP contribution is -2.24. The Morgan fingerprint density at radius 2 is 2.04 bits per heavy atom. The number of fused-ring (bicyclic) bond motifs is 1. The van der Waals surface area contributed by atoms with Crippen LogP contribution in [0.1, 0.15) is 28.8 Å². The van der Waals surface area contributed by atoms with E-state index in [1.807, 2.05) is 36.5 Å². The highest BCUT2D eigenvalue weighted by Crippen LogP contribution is 2.29. The van der Waals surface area contributed by atoms with Gasteiger partial charge in [-0.3, -0.25) is 9.59 Å². The fraction of sp³-hybridized carbons (Fsp3) is 0.211. The number of benzene rings is 1. The molecule has 0 aliphatic heterocycles. The molecule has 1 fully saturated rings. The number of hydrogen-bond acceptors (Lipinski definition) is 4. The first-order chi connectivity index (χ1) is 12.5. The van der Waals surface area contributed by atoms with Crippen LogP contribution in [0.5, 0.6) is 0 Å². The van der Waals surface area contributed by atoms with Crippen molar-refractivity contribution in [3.63, 3.8) is 0 Å². The minimum atomic E-state index is -0.603. The number of primary amides is 1. The average molecular weight is 349 g/mol. The number of carbonyl (C=O) groups is 2. The second-order valence-corrected chi connectivity index (χ2v) is 6.59. The van der Waals surface area contributed by atoms with Gasteiger partial charge in [-0.15, -0.1) is 0 Å². The van der Waals surface area contributed by atoms with Crippen LogP contribution in [-0.4, -0.2) is 21.4 Å². The van der Waals surface area contributed by atoms with Crippen LogP contribution in [0.15, 0.2) is 42.7 Å². The van der Waals surface area contributed by atoms with E-state index in [2.05, 4.69) is 10.4 Å². The predicted octanol–water partition coefficient (Wildman–Crippen LogP) is 1.71. The molecule has 7 heteroatoms. The summed E-state index contributed by atoms with van der Waals surface area (Å²) < 4.78 is 1.62. The highest BCUT2D eigenvalue weighted by Gasteiger charge is 2.29. The second kappa shape index (κ2) is 6.18. The molecule has 0 spiro atoms. The van der Waals surface area contributed by atoms with Crippen LogP contribution >= 0.6 is 0 Å². The van der Waals surface area contributed by atoms with Crippen LogP contribution in [0.3, 0.4) is 0 Å². The quantitative estimate of drug-likeness (QED) is 0.650. The Bertz CT molecular complexity index is 1020. The number of nitrogens with zero attached hydrogens (tertiary/aromatic N) is 2. The highest BCUT2D eigenvalue weighted by molar-refractivity contribution is 6.01. The second-order valence-electron chi connectivity index (χ2n) is 6.59. The summed E-state index contributed by atoms with van der Waals surface area (Å²) in [7, 11) is 0. The lowest BCUT2D eigenvalue weighted by molar-refractivity contribution is -0.122. The zero-order valence-corrected chi connectivity index (χ0v) is 14.1. The summed E-state index contributed by atoms with van der Waals surface area (Å²) in [6, 6.07) is 9.79. The summed E-state index contributed by atoms with van der Waals surface area (Å²) in [5.41, 5.74) is 15.4. The van der Waals surface area contributed by atoms with Crippen molar-refractivity contribution in [2.75, 3.05) is 5.73 Å². The van der Waals surface area contributed by atoms with Gasteiger partial charge in [0, 0.05) is 24.2 Å². The van der Waals surface area contributed by atoms with Gasteiger partial charge in [-0.2, -0.15) is 5.10 Å². The Hall–Kier alpha value is -3.35. The van der Waals surface area contributed by atoms with Gasteiger partial charge in [0.15, 0.2) is 0 Å². The number of carbonyl (C=O) groups excluding carboxylic acids is 2. The molecular weight excluding hydrogens is 330 g/mol. The molecule has 7 nitrogen and oxygen atoms in total. The van der Waals surface area contributed by atoms with Crippen molar-refractivity contribution in [3.8, 4) is 11.1 Å². The fourth-order valence-electron chi connectivity index (χ4n) is 2.97. The van der Waals surface area contributed by atoms with E-state index < -0.39 is 5.91 Å². The standard InChI is InChI=1S/C19H19N5O2/c20-17-15(18(21)25)9-23-24-10-14(7-16(17)24)13-3-1-2-11(6-13)8-22-19(26)12-4-5-12/h1-3,6-7,9-10,12H,4-5,8,20H2,(H2,21,25)(H,22,26). The van der Waals surface area contributed by atoms with Crippen LogP contribution in [0, 0.1) is 5.92 Å². The molecule has 0 saturated heterocycles. The summed E-state index contributed by atoms with van der Waals surface area (Å²) in [6.45, 7) is 0.503. The van der Waals surface area contributed by atoms with Gasteiger partial charge in [0.25, 0.3) is 5.91 Å². The molecule has 0 bridgehead atoms. The zero-order valence-electron chi connectivity index (χ0n) is 14.1. The molecular formula is C19H19N5O2. The van der Waals surface area contributed by atoms with Crippen LogP contribution in [0.25, 0.3) is 16.6 Å². The van der Waals surface area contributed by atoms with Crippen molar-refractivity contribution < 1.29 is 9.59 Å². The van der Waals surface area contributed by atoms with Gasteiger partial charge in [0.2, 0.25) is 5.91 Å². The molecule has 2 amide bonds. The topological polar surface area (TPSA) is 116 Å². The van der Waals surface area contributed by atoms with E-state index in [1.165, 1.54) is 6.20 Å². The number of anilines is 1. The number of amides is 2. The van der Waals surface area contributed by atoms with Crippen LogP contribution < -0.4 is 16.8 Å². The lowest BCUT2D eigenvalue weighted by atomic mass is 10.1. The molecule has 26 heavy (non-hydrogen) atoms. The van der Waals surface area contributed by atoms with Crippen molar-refractivity contribution >= 4 is 23.0 Å². The highest BCUT2D eigenvalue weighted by atomic mass is 16.2. The van der Waals surface area contributed by atoms with E-state index in [0.717, 1.165) is 29.5 Å². The Labute approximate surface area is 150 Å². The van der Waals surface area contributed by atoms with Crippen LogP contribution in [0.4, 0.5) is 5.69 Å². The minimum Gasteiger partial charge on any atom is -0.396 e. The Balaban J connectivity index is 1.62. The van der Waals surface area contributed by atoms with E-state index in [1.54, 1.807) is 4.52 Å². The Morgan fingerprint density at radius 1 is 1.23 bits per heavy atom. The van der Waals surface area contributed by atoms with E-state index in [4.69, 9.17) is 11.5 Å². The summed E-state index contributed by atoms with van der Waals surface area (Å²) in [5.74, 6) is -0.280. The summed E-state index contributed by atoms with van der Waals surface area (Å²) in [6.07, 6.45) is 5.20. The molecule has 1 aliphatic rings. The summed E-state index contributed by atoms with van der Waals surface area (Å²) >= 11 is 0. The van der Waals surface area contributed by atoms with Crippen LogP contribution in [0.2, 0.25) is 0 Å². The SMILES string of the molecule is NC(=O)c1cnn2cc(-c3cccc(CNC(=O)C4CC4)c3)cc2c1N. The summed E-state index contributed by atoms with van der Waals surface area (Å²) in [4.78, 5) is 23.2. The van der Waals surface area contributed by atoms with Gasteiger partial charge >= 0.3 is 0 Å². The van der Waals surface area contributed by atoms with Gasteiger partial charge < -0.3 is 16.8 Å². The average Bonchev–Trinajstić information content (AvgIpc) is 3.39. The number of rotatable bonds is 5. The lowest BCUT2D eigenvalue weighted by Gasteiger charge is -2.06. The Kier molecular flexibility index (Phi) is 3.84. The molecule has 5 N–H and O–H groups in total. The number of hydrogen-bond donors (Lipinski definition) is 3. The van der Waals surface area contributed by atoms with Crippen molar-refractivity contribution in [2.45, 2.75) is 19.4 Å². The van der Waals surface area contributed by atoms with Crippen molar-refractivity contribution in [1.29, 1.82) is 0 Å². The number of aromatic nitrogens is 2. The minimum absolute atomic E-state index is 0.126. The monoisotopic (exact) mass is 349 g/mol. The molecule has 0 atom stereocenters. The van der Waals surface area contributed by atoms with Gasteiger partial charge in [0.05, 0.1) is 23.0 Å². The third kappa shape index (κ3) is 2.99. The van der Waals surface area contributed by atoms with E-state index in [-0.39, 0.29) is 17.4 Å². The number of nitrogen functional groups attached to an aromatic ring is 1. The van der Waals surface area contributed by atoms with Crippen LogP contribution in [-0.2, 0) is 11.3 Å². The van der Waals surface area contributed by atoms with Gasteiger partial charge in [-0.1, -0.05) is 18.2 Å². The maximum absolute atomic E-state index is 11.8. The normalized spacial score (nSPS) is 13.7. The smallest absolute Gasteiger partial charge is 0.252 e. The maximum atomic E-state index is 11.8. The third-order valence-corrected chi connectivity index (χ3v) is 4.62. The molecule has 0 radical (unpaired) electrons. The molecule has 3 aromatic rings. The first-order valence-electron chi connectivity index (χ1n) is 8.46. The zero-order chi connectivity index (χ0) is 18.3. The number of nitrogens with one attached hydrogen (secondary N) is 1. The third-order valence-electron chi connectivity index (χ3n) is 4.62. The molecule has 2 aromatic heterocycles. The van der Waals surface area contributed by atoms with E-state index in [9.17, 15) is 9.59 Å². The first-order valence-corrected chi connectivity index (χ1v) is 8.46. The molecule has 1 aliphatic carbocycles. The van der Waals surface area contributed by atoms with E-state index >= 15 is 0 Å².